The summed E-state index contributed by atoms with van der Waals surface area (Å²) < 4.78 is 18.1. The Hall–Kier alpha value is -4.49. The highest BCUT2D eigenvalue weighted by atomic mass is 16.5. The van der Waals surface area contributed by atoms with E-state index in [0.29, 0.717) is 18.1 Å². The van der Waals surface area contributed by atoms with Crippen LogP contribution in [0.15, 0.2) is 127 Å². The molecule has 0 bridgehead atoms. The molecule has 1 atom stereocenters. The first-order valence-corrected chi connectivity index (χ1v) is 15.6. The number of nitrogens with two attached hydrogens (primary N) is 1. The van der Waals surface area contributed by atoms with Crippen LogP contribution in [-0.4, -0.2) is 43.2 Å². The zero-order valence-corrected chi connectivity index (χ0v) is 25.8. The van der Waals surface area contributed by atoms with Gasteiger partial charge in [-0.25, -0.2) is 0 Å². The summed E-state index contributed by atoms with van der Waals surface area (Å²) in [6, 6.07) is 36.5. The molecule has 1 unspecified atom stereocenters. The quantitative estimate of drug-likeness (QED) is 0.120. The van der Waals surface area contributed by atoms with Crippen LogP contribution in [0, 0.1) is 0 Å². The number of ketones is 1. The number of methoxy groups -OCH3 is 1. The molecule has 1 aliphatic rings. The minimum Gasteiger partial charge on any atom is -0.493 e. The Balaban J connectivity index is 1.07. The van der Waals surface area contributed by atoms with Crippen LogP contribution in [0.25, 0.3) is 6.08 Å². The van der Waals surface area contributed by atoms with Crippen LogP contribution in [0.1, 0.15) is 47.6 Å². The zero-order chi connectivity index (χ0) is 31.3. The fourth-order valence-corrected chi connectivity index (χ4v) is 5.52. The van der Waals surface area contributed by atoms with E-state index in [9.17, 15) is 4.79 Å². The number of rotatable bonds is 14. The third kappa shape index (κ3) is 9.50. The predicted molar refractivity (Wildman–Crippen MR) is 180 cm³/mol. The first-order chi connectivity index (χ1) is 22.1. The van der Waals surface area contributed by atoms with Crippen molar-refractivity contribution in [2.45, 2.75) is 44.2 Å². The smallest absolute Gasteiger partial charge is 0.161 e. The Labute approximate surface area is 266 Å². The monoisotopic (exact) mass is 602 g/mol. The van der Waals surface area contributed by atoms with E-state index in [1.807, 2.05) is 72.8 Å². The van der Waals surface area contributed by atoms with Gasteiger partial charge in [-0.1, -0.05) is 115 Å². The number of hydrogen-bond acceptors (Lipinski definition) is 6. The van der Waals surface area contributed by atoms with Gasteiger partial charge in [-0.05, 0) is 53.3 Å². The van der Waals surface area contributed by atoms with Gasteiger partial charge in [-0.2, -0.15) is 0 Å². The Morgan fingerprint density at radius 3 is 2.09 bits per heavy atom. The molecule has 4 aromatic rings. The molecule has 0 radical (unpaired) electrons. The summed E-state index contributed by atoms with van der Waals surface area (Å²) in [7, 11) is 1.63. The molecule has 6 heteroatoms. The maximum atomic E-state index is 12.7. The van der Waals surface area contributed by atoms with Crippen molar-refractivity contribution in [3.8, 4) is 11.5 Å². The molecule has 1 heterocycles. The lowest BCUT2D eigenvalue weighted by atomic mass is 10.00. The number of piperidine rings is 1. The molecule has 232 valence electrons. The fourth-order valence-electron chi connectivity index (χ4n) is 5.52. The van der Waals surface area contributed by atoms with E-state index in [1.54, 1.807) is 19.3 Å². The molecule has 1 fully saturated rings. The maximum absolute atomic E-state index is 12.7. The number of ether oxygens (including phenoxy) is 3. The molecule has 45 heavy (non-hydrogen) atoms. The lowest BCUT2D eigenvalue weighted by molar-refractivity contribution is -0.116. The first kappa shape index (κ1) is 31.9. The van der Waals surface area contributed by atoms with E-state index in [-0.39, 0.29) is 30.6 Å². The molecule has 6 nitrogen and oxygen atoms in total. The zero-order valence-electron chi connectivity index (χ0n) is 25.8. The number of carbonyl (C=O) groups excluding carboxylic acids is 1. The molecule has 0 spiro atoms. The molecule has 0 saturated carbocycles. The third-order valence-corrected chi connectivity index (χ3v) is 8.00. The molecular weight excluding hydrogens is 560 g/mol. The molecule has 1 aliphatic heterocycles. The van der Waals surface area contributed by atoms with Crippen LogP contribution in [-0.2, 0) is 16.1 Å². The van der Waals surface area contributed by atoms with Crippen LogP contribution in [0.5, 0.6) is 11.5 Å². The number of nitrogens with zero attached hydrogens (tertiary/aromatic N) is 1. The summed E-state index contributed by atoms with van der Waals surface area (Å²) in [6.07, 6.45) is 8.84. The van der Waals surface area contributed by atoms with Gasteiger partial charge in [0.2, 0.25) is 0 Å². The third-order valence-electron chi connectivity index (χ3n) is 8.00. The Morgan fingerprint density at radius 1 is 0.844 bits per heavy atom. The van der Waals surface area contributed by atoms with Crippen molar-refractivity contribution in [1.82, 2.24) is 4.90 Å². The van der Waals surface area contributed by atoms with Gasteiger partial charge in [-0.15, -0.1) is 0 Å². The van der Waals surface area contributed by atoms with Crippen molar-refractivity contribution in [3.63, 3.8) is 0 Å². The maximum Gasteiger partial charge on any atom is 0.161 e. The fraction of sp³-hybridized carbons (Fsp3) is 0.256. The van der Waals surface area contributed by atoms with E-state index >= 15 is 0 Å². The second-order valence-electron chi connectivity index (χ2n) is 11.2. The predicted octanol–water partition coefficient (Wildman–Crippen LogP) is 7.36. The van der Waals surface area contributed by atoms with Gasteiger partial charge in [0.15, 0.2) is 17.3 Å². The van der Waals surface area contributed by atoms with Crippen LogP contribution in [0.2, 0.25) is 0 Å². The minimum atomic E-state index is -0.321. The largest absolute Gasteiger partial charge is 0.493 e. The highest BCUT2D eigenvalue weighted by molar-refractivity contribution is 5.90. The molecule has 0 amide bonds. The average Bonchev–Trinajstić information content (AvgIpc) is 3.09. The van der Waals surface area contributed by atoms with Crippen LogP contribution in [0.4, 0.5) is 0 Å². The van der Waals surface area contributed by atoms with Gasteiger partial charge in [0.1, 0.15) is 12.7 Å². The summed E-state index contributed by atoms with van der Waals surface area (Å²) in [5.74, 6) is 1.34. The standard InChI is InChI=1S/C39H42N2O4/c1-43-37-27-30(21-22-36(37)44-29-31-14-5-2-6-15-31)13-11-12-20-34(42)28-38(40)41-25-23-35(24-26-41)45-39(32-16-7-3-8-17-32)33-18-9-4-10-19-33/h2-22,27,35,38-39H,23-26,28-29,40H2,1H3. The normalized spacial score (nSPS) is 15.1. The molecule has 0 aliphatic carbocycles. The second kappa shape index (κ2) is 16.5. The van der Waals surface area contributed by atoms with Crippen molar-refractivity contribution >= 4 is 11.9 Å². The van der Waals surface area contributed by atoms with Crippen LogP contribution >= 0.6 is 0 Å². The number of hydrogen-bond donors (Lipinski definition) is 1. The summed E-state index contributed by atoms with van der Waals surface area (Å²) in [6.45, 7) is 2.06. The van der Waals surface area contributed by atoms with E-state index < -0.39 is 0 Å². The van der Waals surface area contributed by atoms with Crippen LogP contribution < -0.4 is 15.2 Å². The van der Waals surface area contributed by atoms with E-state index in [4.69, 9.17) is 19.9 Å². The van der Waals surface area contributed by atoms with Gasteiger partial charge < -0.3 is 19.9 Å². The lowest BCUT2D eigenvalue weighted by Crippen LogP contribution is -2.48. The first-order valence-electron chi connectivity index (χ1n) is 15.6. The van der Waals surface area contributed by atoms with Gasteiger partial charge in [0, 0.05) is 19.5 Å². The second-order valence-corrected chi connectivity index (χ2v) is 11.2. The average molecular weight is 603 g/mol. The number of benzene rings is 4. The number of carbonyl (C=O) groups is 1. The van der Waals surface area contributed by atoms with Crippen molar-refractivity contribution in [3.05, 3.63) is 150 Å². The highest BCUT2D eigenvalue weighted by Crippen LogP contribution is 2.31. The van der Waals surface area contributed by atoms with E-state index in [1.165, 1.54) is 0 Å². The topological polar surface area (TPSA) is 74.0 Å². The molecule has 2 N–H and O–H groups in total. The van der Waals surface area contributed by atoms with Gasteiger partial charge in [0.25, 0.3) is 0 Å². The Bertz CT molecular complexity index is 1490. The molecule has 1 saturated heterocycles. The van der Waals surface area contributed by atoms with Gasteiger partial charge in [-0.3, -0.25) is 9.69 Å². The van der Waals surface area contributed by atoms with Crippen LogP contribution in [0.3, 0.4) is 0 Å². The molecule has 4 aromatic carbocycles. The lowest BCUT2D eigenvalue weighted by Gasteiger charge is -2.37. The number of likely N-dealkylation sites (tertiary alicyclic amines) is 1. The summed E-state index contributed by atoms with van der Waals surface area (Å²) >= 11 is 0. The van der Waals surface area contributed by atoms with Crippen molar-refractivity contribution in [2.75, 3.05) is 20.2 Å². The Morgan fingerprint density at radius 2 is 1.47 bits per heavy atom. The highest BCUT2D eigenvalue weighted by Gasteiger charge is 2.27. The van der Waals surface area contributed by atoms with Crippen molar-refractivity contribution in [1.29, 1.82) is 0 Å². The number of allylic oxidation sites excluding steroid dienone is 3. The van der Waals surface area contributed by atoms with E-state index in [0.717, 1.165) is 48.2 Å². The molecule has 5 rings (SSSR count). The van der Waals surface area contributed by atoms with E-state index in [2.05, 4.69) is 53.4 Å². The van der Waals surface area contributed by atoms with Crippen molar-refractivity contribution < 1.29 is 19.0 Å². The summed E-state index contributed by atoms with van der Waals surface area (Å²) in [5, 5.41) is 0. The Kier molecular flexibility index (Phi) is 11.7. The summed E-state index contributed by atoms with van der Waals surface area (Å²) in [5.41, 5.74) is 10.8. The molecule has 0 aromatic heterocycles. The molecular formula is C39H42N2O4. The SMILES string of the molecule is COc1cc(C=CC=CC(=O)CC(N)N2CCC(OC(c3ccccc3)c3ccccc3)CC2)ccc1OCc1ccccc1. The van der Waals surface area contributed by atoms with Gasteiger partial charge >= 0.3 is 0 Å². The van der Waals surface area contributed by atoms with Gasteiger partial charge in [0.05, 0.1) is 19.4 Å². The minimum absolute atomic E-state index is 0.000910. The van der Waals surface area contributed by atoms with Crippen molar-refractivity contribution in [2.24, 2.45) is 5.73 Å². The summed E-state index contributed by atoms with van der Waals surface area (Å²) in [4.78, 5) is 14.9.